The third-order valence-corrected chi connectivity index (χ3v) is 3.08. The quantitative estimate of drug-likeness (QED) is 0.641. The topological polar surface area (TPSA) is 65.0 Å². The molecule has 2 heterocycles. The summed E-state index contributed by atoms with van der Waals surface area (Å²) in [6, 6.07) is 3.79. The molecule has 0 aliphatic heterocycles. The normalized spacial score (nSPS) is 10.5. The molecular weight excluding hydrogens is 290 g/mol. The zero-order chi connectivity index (χ0) is 15.4. The molecule has 2 rings (SSSR count). The van der Waals surface area contributed by atoms with Crippen molar-refractivity contribution in [1.29, 1.82) is 0 Å². The van der Waals surface area contributed by atoms with Gasteiger partial charge in [0.25, 0.3) is 0 Å². The van der Waals surface area contributed by atoms with Crippen LogP contribution in [0.15, 0.2) is 18.3 Å². The Morgan fingerprint density at radius 1 is 1.24 bits per heavy atom. The van der Waals surface area contributed by atoms with Crippen molar-refractivity contribution >= 4 is 17.6 Å². The molecule has 0 saturated heterocycles. The number of nitrogens with zero attached hydrogens (tertiary/aromatic N) is 3. The van der Waals surface area contributed by atoms with Gasteiger partial charge < -0.3 is 4.74 Å². The first-order chi connectivity index (χ1) is 10.0. The number of ether oxygens (including phenoxy) is 1. The Balaban J connectivity index is 2.45. The molecule has 0 N–H and O–H groups in total. The molecule has 0 amide bonds. The molecule has 0 aliphatic carbocycles. The van der Waals surface area contributed by atoms with Gasteiger partial charge in [0.05, 0.1) is 18.2 Å². The van der Waals surface area contributed by atoms with Crippen molar-refractivity contribution in [1.82, 2.24) is 15.0 Å². The van der Waals surface area contributed by atoms with Crippen LogP contribution in [0.3, 0.4) is 0 Å². The fourth-order valence-electron chi connectivity index (χ4n) is 2.00. The third kappa shape index (κ3) is 3.55. The van der Waals surface area contributed by atoms with Crippen molar-refractivity contribution in [3.05, 3.63) is 41.0 Å². The number of alkyl halides is 1. The lowest BCUT2D eigenvalue weighted by atomic mass is 10.1. The van der Waals surface area contributed by atoms with Gasteiger partial charge in [-0.1, -0.05) is 0 Å². The monoisotopic (exact) mass is 305 g/mol. The molecule has 0 fully saturated rings. The van der Waals surface area contributed by atoms with Crippen molar-refractivity contribution in [2.75, 3.05) is 6.61 Å². The maximum atomic E-state index is 11.8. The summed E-state index contributed by atoms with van der Waals surface area (Å²) < 4.78 is 4.97. The van der Waals surface area contributed by atoms with Crippen LogP contribution in [0.25, 0.3) is 11.4 Å². The predicted molar refractivity (Wildman–Crippen MR) is 80.3 cm³/mol. The molecule has 0 aromatic carbocycles. The number of aryl methyl sites for hydroxylation is 2. The number of esters is 1. The summed E-state index contributed by atoms with van der Waals surface area (Å²) in [4.78, 5) is 24.7. The SMILES string of the molecule is CCOC(=O)c1cnc(-c2cc(C)nc(C)c2)nc1CCl. The Kier molecular flexibility index (Phi) is 4.85. The van der Waals surface area contributed by atoms with Crippen LogP contribution in [0.4, 0.5) is 0 Å². The summed E-state index contributed by atoms with van der Waals surface area (Å²) in [5.74, 6) is 0.182. The maximum absolute atomic E-state index is 11.8. The molecule has 0 aliphatic rings. The van der Waals surface area contributed by atoms with Crippen LogP contribution < -0.4 is 0 Å². The molecule has 2 aromatic rings. The van der Waals surface area contributed by atoms with E-state index in [4.69, 9.17) is 16.3 Å². The van der Waals surface area contributed by atoms with Crippen molar-refractivity contribution in [3.63, 3.8) is 0 Å². The minimum Gasteiger partial charge on any atom is -0.462 e. The average Bonchev–Trinajstić information content (AvgIpc) is 2.45. The lowest BCUT2D eigenvalue weighted by Crippen LogP contribution is -2.10. The van der Waals surface area contributed by atoms with E-state index < -0.39 is 5.97 Å². The first kappa shape index (κ1) is 15.4. The lowest BCUT2D eigenvalue weighted by molar-refractivity contribution is 0.0524. The molecule has 5 nitrogen and oxygen atoms in total. The first-order valence-electron chi connectivity index (χ1n) is 6.59. The molecule has 0 bridgehead atoms. The van der Waals surface area contributed by atoms with E-state index in [9.17, 15) is 4.79 Å². The van der Waals surface area contributed by atoms with Gasteiger partial charge in [0.15, 0.2) is 5.82 Å². The minimum absolute atomic E-state index is 0.118. The third-order valence-electron chi connectivity index (χ3n) is 2.83. The number of aromatic nitrogens is 3. The summed E-state index contributed by atoms with van der Waals surface area (Å²) in [7, 11) is 0. The van der Waals surface area contributed by atoms with E-state index in [0.29, 0.717) is 23.7 Å². The Hall–Kier alpha value is -2.01. The maximum Gasteiger partial charge on any atom is 0.341 e. The highest BCUT2D eigenvalue weighted by Crippen LogP contribution is 2.19. The fourth-order valence-corrected chi connectivity index (χ4v) is 2.20. The van der Waals surface area contributed by atoms with Gasteiger partial charge in [-0.15, -0.1) is 11.6 Å². The molecule has 0 spiro atoms. The number of rotatable bonds is 4. The molecule has 0 unspecified atom stereocenters. The van der Waals surface area contributed by atoms with Crippen LogP contribution in [-0.4, -0.2) is 27.5 Å². The lowest BCUT2D eigenvalue weighted by Gasteiger charge is -2.08. The van der Waals surface area contributed by atoms with Crippen molar-refractivity contribution in [2.45, 2.75) is 26.7 Å². The van der Waals surface area contributed by atoms with E-state index in [1.54, 1.807) is 6.92 Å². The minimum atomic E-state index is -0.457. The second-order valence-electron chi connectivity index (χ2n) is 4.55. The molecule has 21 heavy (non-hydrogen) atoms. The van der Waals surface area contributed by atoms with E-state index in [0.717, 1.165) is 17.0 Å². The van der Waals surface area contributed by atoms with Gasteiger partial charge in [-0.3, -0.25) is 4.98 Å². The highest BCUT2D eigenvalue weighted by atomic mass is 35.5. The summed E-state index contributed by atoms with van der Waals surface area (Å²) in [5, 5.41) is 0. The van der Waals surface area contributed by atoms with Gasteiger partial charge in [0.1, 0.15) is 5.56 Å². The highest BCUT2D eigenvalue weighted by Gasteiger charge is 2.16. The molecule has 0 saturated carbocycles. The smallest absolute Gasteiger partial charge is 0.341 e. The Bertz CT molecular complexity index is 654. The summed E-state index contributed by atoms with van der Waals surface area (Å²) in [5.41, 5.74) is 3.39. The largest absolute Gasteiger partial charge is 0.462 e. The summed E-state index contributed by atoms with van der Waals surface area (Å²) in [6.45, 7) is 5.86. The number of hydrogen-bond donors (Lipinski definition) is 0. The van der Waals surface area contributed by atoms with E-state index in [1.165, 1.54) is 6.20 Å². The van der Waals surface area contributed by atoms with Crippen molar-refractivity contribution in [2.24, 2.45) is 0 Å². The van der Waals surface area contributed by atoms with Gasteiger partial charge in [-0.2, -0.15) is 0 Å². The number of halogens is 1. The fraction of sp³-hybridized carbons (Fsp3) is 0.333. The number of carbonyl (C=O) groups excluding carboxylic acids is 1. The highest BCUT2D eigenvalue weighted by molar-refractivity contribution is 6.17. The van der Waals surface area contributed by atoms with Gasteiger partial charge in [-0.25, -0.2) is 14.8 Å². The van der Waals surface area contributed by atoms with Gasteiger partial charge >= 0.3 is 5.97 Å². The average molecular weight is 306 g/mol. The van der Waals surface area contributed by atoms with Crippen LogP contribution in [0, 0.1) is 13.8 Å². The number of carbonyl (C=O) groups is 1. The Morgan fingerprint density at radius 2 is 1.90 bits per heavy atom. The first-order valence-corrected chi connectivity index (χ1v) is 7.13. The van der Waals surface area contributed by atoms with E-state index >= 15 is 0 Å². The van der Waals surface area contributed by atoms with Crippen LogP contribution >= 0.6 is 11.6 Å². The Labute approximate surface area is 128 Å². The molecular formula is C15H16ClN3O2. The summed E-state index contributed by atoms with van der Waals surface area (Å²) >= 11 is 5.89. The Morgan fingerprint density at radius 3 is 2.48 bits per heavy atom. The predicted octanol–water partition coefficient (Wildman–Crippen LogP) is 3.07. The van der Waals surface area contributed by atoms with Crippen LogP contribution in [0.1, 0.15) is 34.4 Å². The molecule has 0 radical (unpaired) electrons. The molecule has 0 atom stereocenters. The van der Waals surface area contributed by atoms with Gasteiger partial charge in [0, 0.05) is 23.1 Å². The summed E-state index contributed by atoms with van der Waals surface area (Å²) in [6.07, 6.45) is 1.46. The molecule has 110 valence electrons. The standard InChI is InChI=1S/C15H16ClN3O2/c1-4-21-15(20)12-8-17-14(19-13(12)7-16)11-5-9(2)18-10(3)6-11/h5-6,8H,4,7H2,1-3H3. The van der Waals surface area contributed by atoms with E-state index in [-0.39, 0.29) is 5.88 Å². The zero-order valence-electron chi connectivity index (χ0n) is 12.2. The number of pyridine rings is 1. The second-order valence-corrected chi connectivity index (χ2v) is 4.81. The van der Waals surface area contributed by atoms with E-state index in [1.807, 2.05) is 26.0 Å². The molecule has 2 aromatic heterocycles. The van der Waals surface area contributed by atoms with Crippen molar-refractivity contribution < 1.29 is 9.53 Å². The van der Waals surface area contributed by atoms with Crippen LogP contribution in [0.5, 0.6) is 0 Å². The molecule has 6 heteroatoms. The van der Waals surface area contributed by atoms with Crippen LogP contribution in [0.2, 0.25) is 0 Å². The van der Waals surface area contributed by atoms with Crippen LogP contribution in [-0.2, 0) is 10.6 Å². The van der Waals surface area contributed by atoms with E-state index in [2.05, 4.69) is 15.0 Å². The second kappa shape index (κ2) is 6.63. The number of hydrogen-bond acceptors (Lipinski definition) is 5. The zero-order valence-corrected chi connectivity index (χ0v) is 12.9. The van der Waals surface area contributed by atoms with Gasteiger partial charge in [0.2, 0.25) is 0 Å². The van der Waals surface area contributed by atoms with Gasteiger partial charge in [-0.05, 0) is 32.9 Å². The van der Waals surface area contributed by atoms with Crippen molar-refractivity contribution in [3.8, 4) is 11.4 Å².